The summed E-state index contributed by atoms with van der Waals surface area (Å²) in [6.07, 6.45) is 2.52. The van der Waals surface area contributed by atoms with Crippen LogP contribution >= 0.6 is 15.9 Å². The van der Waals surface area contributed by atoms with Crippen LogP contribution in [0.3, 0.4) is 0 Å². The van der Waals surface area contributed by atoms with Crippen LogP contribution in [0.25, 0.3) is 0 Å². The molecule has 0 amide bonds. The van der Waals surface area contributed by atoms with E-state index in [1.165, 1.54) is 5.56 Å². The molecule has 2 aromatic rings. The van der Waals surface area contributed by atoms with E-state index in [9.17, 15) is 5.11 Å². The van der Waals surface area contributed by atoms with E-state index >= 15 is 0 Å². The topological polar surface area (TPSA) is 42.6 Å². The highest BCUT2D eigenvalue weighted by atomic mass is 79.9. The summed E-state index contributed by atoms with van der Waals surface area (Å²) in [7, 11) is 1.65. The van der Waals surface area contributed by atoms with Crippen LogP contribution in [0.5, 0.6) is 5.75 Å². The van der Waals surface area contributed by atoms with E-state index in [2.05, 4.69) is 15.9 Å². The lowest BCUT2D eigenvalue weighted by atomic mass is 10.0. The van der Waals surface area contributed by atoms with Crippen molar-refractivity contribution in [2.45, 2.75) is 18.9 Å². The second kappa shape index (κ2) is 6.07. The first-order valence-electron chi connectivity index (χ1n) is 5.74. The Labute approximate surface area is 115 Å². The zero-order valence-corrected chi connectivity index (χ0v) is 11.7. The average molecular weight is 311 g/mol. The van der Waals surface area contributed by atoms with Crippen molar-refractivity contribution in [1.29, 1.82) is 0 Å². The van der Waals surface area contributed by atoms with Crippen molar-refractivity contribution >= 4 is 15.9 Å². The maximum absolute atomic E-state index is 10.0. The van der Waals surface area contributed by atoms with Gasteiger partial charge in [0.25, 0.3) is 0 Å². The van der Waals surface area contributed by atoms with Crippen molar-refractivity contribution in [3.63, 3.8) is 0 Å². The lowest BCUT2D eigenvalue weighted by Gasteiger charge is -2.09. The molecule has 1 unspecified atom stereocenters. The summed E-state index contributed by atoms with van der Waals surface area (Å²) in [6.45, 7) is 0. The Balaban J connectivity index is 1.93. The van der Waals surface area contributed by atoms with Gasteiger partial charge in [-0.2, -0.15) is 0 Å². The summed E-state index contributed by atoms with van der Waals surface area (Å²) >= 11 is 3.27. The number of aryl methyl sites for hydroxylation is 1. The molecule has 1 atom stereocenters. The maximum Gasteiger partial charge on any atom is 0.174 e. The van der Waals surface area contributed by atoms with E-state index in [4.69, 9.17) is 9.15 Å². The molecule has 96 valence electrons. The van der Waals surface area contributed by atoms with Gasteiger partial charge in [-0.05, 0) is 52.5 Å². The van der Waals surface area contributed by atoms with Gasteiger partial charge in [-0.1, -0.05) is 12.1 Å². The largest absolute Gasteiger partial charge is 0.497 e. The second-order valence-corrected chi connectivity index (χ2v) is 4.77. The number of aliphatic hydroxyl groups is 1. The van der Waals surface area contributed by atoms with Crippen LogP contribution in [0, 0.1) is 0 Å². The molecule has 0 aliphatic rings. The molecule has 18 heavy (non-hydrogen) atoms. The number of ether oxygens (including phenoxy) is 1. The number of aliphatic hydroxyl groups excluding tert-OH is 1. The molecule has 1 aromatic carbocycles. The molecule has 4 heteroatoms. The Bertz CT molecular complexity index is 490. The van der Waals surface area contributed by atoms with Gasteiger partial charge in [0.2, 0.25) is 0 Å². The Morgan fingerprint density at radius 2 is 2.00 bits per heavy atom. The summed E-state index contributed by atoms with van der Waals surface area (Å²) < 4.78 is 10.8. The number of furan rings is 1. The highest BCUT2D eigenvalue weighted by Crippen LogP contribution is 2.27. The van der Waals surface area contributed by atoms with Gasteiger partial charge in [0.15, 0.2) is 4.67 Å². The standard InChI is InChI=1S/C14H15BrO3/c1-17-11-5-2-10(3-6-11)4-7-13(16)12-8-9-18-14(12)15/h2-3,5-6,8-9,13,16H,4,7H2,1H3. The average Bonchev–Trinajstić information content (AvgIpc) is 2.83. The minimum Gasteiger partial charge on any atom is -0.497 e. The molecule has 0 aliphatic carbocycles. The lowest BCUT2D eigenvalue weighted by molar-refractivity contribution is 0.166. The lowest BCUT2D eigenvalue weighted by Crippen LogP contribution is -1.99. The fourth-order valence-corrected chi connectivity index (χ4v) is 2.30. The molecule has 0 saturated heterocycles. The van der Waals surface area contributed by atoms with Gasteiger partial charge in [0.1, 0.15) is 5.75 Å². The number of hydrogen-bond donors (Lipinski definition) is 1. The van der Waals surface area contributed by atoms with Crippen LogP contribution in [-0.2, 0) is 6.42 Å². The fraction of sp³-hybridized carbons (Fsp3) is 0.286. The summed E-state index contributed by atoms with van der Waals surface area (Å²) in [5.41, 5.74) is 1.97. The fourth-order valence-electron chi connectivity index (χ4n) is 1.79. The van der Waals surface area contributed by atoms with E-state index in [1.54, 1.807) is 19.4 Å². The maximum atomic E-state index is 10.0. The van der Waals surface area contributed by atoms with Crippen LogP contribution in [0.15, 0.2) is 45.7 Å². The van der Waals surface area contributed by atoms with Crippen LogP contribution in [-0.4, -0.2) is 12.2 Å². The zero-order chi connectivity index (χ0) is 13.0. The van der Waals surface area contributed by atoms with Crippen molar-refractivity contribution in [3.05, 3.63) is 52.4 Å². The summed E-state index contributed by atoms with van der Waals surface area (Å²) in [6, 6.07) is 9.65. The van der Waals surface area contributed by atoms with Crippen LogP contribution in [0.2, 0.25) is 0 Å². The first-order chi connectivity index (χ1) is 8.70. The summed E-state index contributed by atoms with van der Waals surface area (Å²) in [5.74, 6) is 0.844. The van der Waals surface area contributed by atoms with Gasteiger partial charge in [0, 0.05) is 5.56 Å². The molecule has 2 rings (SSSR count). The van der Waals surface area contributed by atoms with E-state index in [-0.39, 0.29) is 0 Å². The third-order valence-corrected chi connectivity index (χ3v) is 3.52. The van der Waals surface area contributed by atoms with Gasteiger partial charge < -0.3 is 14.3 Å². The van der Waals surface area contributed by atoms with Gasteiger partial charge in [0.05, 0.1) is 19.5 Å². The molecule has 0 bridgehead atoms. The Morgan fingerprint density at radius 3 is 2.56 bits per heavy atom. The van der Waals surface area contributed by atoms with Crippen molar-refractivity contribution in [1.82, 2.24) is 0 Å². The number of methoxy groups -OCH3 is 1. The monoisotopic (exact) mass is 310 g/mol. The van der Waals surface area contributed by atoms with Gasteiger partial charge in [-0.25, -0.2) is 0 Å². The first kappa shape index (κ1) is 13.2. The van der Waals surface area contributed by atoms with E-state index in [1.807, 2.05) is 24.3 Å². The summed E-state index contributed by atoms with van der Waals surface area (Å²) in [5, 5.41) is 10.0. The molecule has 1 heterocycles. The quantitative estimate of drug-likeness (QED) is 0.915. The normalized spacial score (nSPS) is 12.4. The van der Waals surface area contributed by atoms with Gasteiger partial charge in [-0.3, -0.25) is 0 Å². The molecule has 0 fully saturated rings. The third-order valence-electron chi connectivity index (χ3n) is 2.87. The minimum atomic E-state index is -0.514. The number of rotatable bonds is 5. The van der Waals surface area contributed by atoms with Gasteiger partial charge in [-0.15, -0.1) is 0 Å². The zero-order valence-electron chi connectivity index (χ0n) is 10.1. The number of benzene rings is 1. The van der Waals surface area contributed by atoms with E-state index in [0.29, 0.717) is 11.1 Å². The van der Waals surface area contributed by atoms with Crippen LogP contribution in [0.1, 0.15) is 23.7 Å². The predicted octanol–water partition coefficient (Wildman–Crippen LogP) is 3.72. The third kappa shape index (κ3) is 3.15. The van der Waals surface area contributed by atoms with E-state index in [0.717, 1.165) is 17.7 Å². The highest BCUT2D eigenvalue weighted by Gasteiger charge is 2.13. The highest BCUT2D eigenvalue weighted by molar-refractivity contribution is 9.10. The second-order valence-electron chi connectivity index (χ2n) is 4.05. The summed E-state index contributed by atoms with van der Waals surface area (Å²) in [4.78, 5) is 0. The molecule has 0 spiro atoms. The Kier molecular flexibility index (Phi) is 4.44. The molecular formula is C14H15BrO3. The Hall–Kier alpha value is -1.26. The molecular weight excluding hydrogens is 296 g/mol. The van der Waals surface area contributed by atoms with Crippen molar-refractivity contribution < 1.29 is 14.3 Å². The van der Waals surface area contributed by atoms with Crippen LogP contribution in [0.4, 0.5) is 0 Å². The van der Waals surface area contributed by atoms with Crippen molar-refractivity contribution in [2.24, 2.45) is 0 Å². The smallest absolute Gasteiger partial charge is 0.174 e. The SMILES string of the molecule is COc1ccc(CCC(O)c2ccoc2Br)cc1. The molecule has 1 aromatic heterocycles. The predicted molar refractivity (Wildman–Crippen MR) is 72.7 cm³/mol. The van der Waals surface area contributed by atoms with Crippen LogP contribution < -0.4 is 4.74 Å². The molecule has 1 N–H and O–H groups in total. The molecule has 0 saturated carbocycles. The molecule has 3 nitrogen and oxygen atoms in total. The van der Waals surface area contributed by atoms with Crippen molar-refractivity contribution in [2.75, 3.05) is 7.11 Å². The van der Waals surface area contributed by atoms with Crippen molar-refractivity contribution in [3.8, 4) is 5.75 Å². The van der Waals surface area contributed by atoms with Gasteiger partial charge >= 0.3 is 0 Å². The van der Waals surface area contributed by atoms with E-state index < -0.39 is 6.10 Å². The molecule has 0 aliphatic heterocycles. The number of halogens is 1. The Morgan fingerprint density at radius 1 is 1.28 bits per heavy atom. The number of hydrogen-bond acceptors (Lipinski definition) is 3. The first-order valence-corrected chi connectivity index (χ1v) is 6.54. The molecule has 0 radical (unpaired) electrons. The minimum absolute atomic E-state index is 0.514.